The first-order valence-electron chi connectivity index (χ1n) is 6.14. The molecule has 1 unspecified atom stereocenters. The van der Waals surface area contributed by atoms with Gasteiger partial charge in [-0.2, -0.15) is 4.31 Å². The van der Waals surface area contributed by atoms with Gasteiger partial charge in [0.25, 0.3) is 10.0 Å². The van der Waals surface area contributed by atoms with Gasteiger partial charge in [-0.05, 0) is 26.7 Å². The maximum atomic E-state index is 12.6. The Morgan fingerprint density at radius 3 is 2.67 bits per heavy atom. The molecule has 0 radical (unpaired) electrons. The zero-order valence-electron chi connectivity index (χ0n) is 10.6. The molecule has 5 nitrogen and oxygen atoms in total. The molecule has 1 N–H and O–H groups in total. The number of rotatable bonds is 2. The van der Waals surface area contributed by atoms with Gasteiger partial charge in [-0.3, -0.25) is 4.79 Å². The Balaban J connectivity index is 2.41. The van der Waals surface area contributed by atoms with Crippen LogP contribution in [0.25, 0.3) is 0 Å². The van der Waals surface area contributed by atoms with Crippen molar-refractivity contribution in [2.45, 2.75) is 49.8 Å². The van der Waals surface area contributed by atoms with Gasteiger partial charge in [0.15, 0.2) is 4.21 Å². The molecular formula is C11H18N2O3S2. The first-order valence-corrected chi connectivity index (χ1v) is 8.40. The van der Waals surface area contributed by atoms with E-state index in [0.29, 0.717) is 12.2 Å². The molecule has 1 atom stereocenters. The Labute approximate surface area is 111 Å². The van der Waals surface area contributed by atoms with Crippen molar-refractivity contribution < 1.29 is 8.42 Å². The minimum atomic E-state index is -3.52. The number of H-pyrrole nitrogens is 1. The summed E-state index contributed by atoms with van der Waals surface area (Å²) in [6.07, 6.45) is 3.91. The van der Waals surface area contributed by atoms with Crippen LogP contribution in [-0.4, -0.2) is 30.3 Å². The van der Waals surface area contributed by atoms with Crippen LogP contribution in [0.2, 0.25) is 0 Å². The minimum Gasteiger partial charge on any atom is -0.315 e. The normalized spacial score (nSPS) is 22.9. The lowest BCUT2D eigenvalue weighted by Gasteiger charge is -2.25. The molecule has 1 saturated heterocycles. The van der Waals surface area contributed by atoms with Crippen molar-refractivity contribution in [1.82, 2.24) is 9.29 Å². The highest BCUT2D eigenvalue weighted by Gasteiger charge is 2.32. The van der Waals surface area contributed by atoms with Gasteiger partial charge < -0.3 is 4.98 Å². The number of hydrogen-bond acceptors (Lipinski definition) is 4. The highest BCUT2D eigenvalue weighted by molar-refractivity contribution is 7.91. The van der Waals surface area contributed by atoms with Crippen LogP contribution in [0.4, 0.5) is 0 Å². The lowest BCUT2D eigenvalue weighted by Crippen LogP contribution is -2.38. The van der Waals surface area contributed by atoms with Crippen LogP contribution in [0.15, 0.2) is 9.00 Å². The van der Waals surface area contributed by atoms with Crippen LogP contribution in [0.3, 0.4) is 0 Å². The SMILES string of the molecule is Cc1[nH]c(=O)sc1S(=O)(=O)N1CCCCCC1C. The first-order chi connectivity index (χ1) is 8.43. The third-order valence-corrected chi connectivity index (χ3v) is 6.91. The van der Waals surface area contributed by atoms with Crippen LogP contribution in [-0.2, 0) is 10.0 Å². The van der Waals surface area contributed by atoms with Crippen LogP contribution in [0.5, 0.6) is 0 Å². The second-order valence-electron chi connectivity index (χ2n) is 4.74. The fourth-order valence-electron chi connectivity index (χ4n) is 2.35. The zero-order valence-corrected chi connectivity index (χ0v) is 12.2. The first kappa shape index (κ1) is 13.8. The highest BCUT2D eigenvalue weighted by Crippen LogP contribution is 2.27. The van der Waals surface area contributed by atoms with Gasteiger partial charge in [-0.25, -0.2) is 8.42 Å². The topological polar surface area (TPSA) is 70.2 Å². The number of hydrogen-bond donors (Lipinski definition) is 1. The second-order valence-corrected chi connectivity index (χ2v) is 7.81. The Bertz CT molecular complexity index is 573. The maximum Gasteiger partial charge on any atom is 0.305 e. The fourth-order valence-corrected chi connectivity index (χ4v) is 5.46. The van der Waals surface area contributed by atoms with Crippen molar-refractivity contribution in [1.29, 1.82) is 0 Å². The summed E-state index contributed by atoms with van der Waals surface area (Å²) in [5.41, 5.74) is 0.446. The van der Waals surface area contributed by atoms with E-state index in [1.54, 1.807) is 11.2 Å². The molecule has 18 heavy (non-hydrogen) atoms. The molecule has 102 valence electrons. The van der Waals surface area contributed by atoms with Crippen LogP contribution in [0, 0.1) is 6.92 Å². The third kappa shape index (κ3) is 2.53. The van der Waals surface area contributed by atoms with Gasteiger partial charge in [0.1, 0.15) is 0 Å². The molecule has 2 heterocycles. The van der Waals surface area contributed by atoms with Crippen molar-refractivity contribution in [2.24, 2.45) is 0 Å². The molecule has 1 aromatic rings. The number of nitrogens with one attached hydrogen (secondary N) is 1. The Morgan fingerprint density at radius 1 is 1.33 bits per heavy atom. The largest absolute Gasteiger partial charge is 0.315 e. The van der Waals surface area contributed by atoms with Crippen molar-refractivity contribution >= 4 is 21.4 Å². The molecule has 0 amide bonds. The number of aryl methyl sites for hydroxylation is 1. The average molecular weight is 290 g/mol. The minimum absolute atomic E-state index is 0.00843. The standard InChI is InChI=1S/C11H18N2O3S2/c1-8-6-4-3-5-7-13(8)18(15,16)10-9(2)12-11(14)17-10/h8H,3-7H2,1-2H3,(H,12,14). The smallest absolute Gasteiger partial charge is 0.305 e. The van der Waals surface area contributed by atoms with E-state index in [4.69, 9.17) is 0 Å². The van der Waals surface area contributed by atoms with E-state index in [-0.39, 0.29) is 15.1 Å². The van der Waals surface area contributed by atoms with Gasteiger partial charge in [0.2, 0.25) is 0 Å². The Kier molecular flexibility index (Phi) is 3.93. The molecular weight excluding hydrogens is 272 g/mol. The number of sulfonamides is 1. The second kappa shape index (κ2) is 5.14. The van der Waals surface area contributed by atoms with E-state index in [9.17, 15) is 13.2 Å². The summed E-state index contributed by atoms with van der Waals surface area (Å²) < 4.78 is 26.8. The van der Waals surface area contributed by atoms with Gasteiger partial charge >= 0.3 is 4.87 Å². The van der Waals surface area contributed by atoms with E-state index < -0.39 is 10.0 Å². The van der Waals surface area contributed by atoms with Gasteiger partial charge in [-0.15, -0.1) is 0 Å². The fraction of sp³-hybridized carbons (Fsp3) is 0.727. The molecule has 0 bridgehead atoms. The quantitative estimate of drug-likeness (QED) is 0.901. The number of aromatic nitrogens is 1. The third-order valence-electron chi connectivity index (χ3n) is 3.32. The predicted octanol–water partition coefficient (Wildman–Crippen LogP) is 1.70. The molecule has 1 aliphatic heterocycles. The van der Waals surface area contributed by atoms with E-state index in [1.165, 1.54) is 0 Å². The molecule has 0 spiro atoms. The van der Waals surface area contributed by atoms with E-state index in [1.807, 2.05) is 6.92 Å². The average Bonchev–Trinajstić information content (AvgIpc) is 2.49. The molecule has 1 aromatic heterocycles. The summed E-state index contributed by atoms with van der Waals surface area (Å²) in [5.74, 6) is 0. The molecule has 1 aliphatic rings. The van der Waals surface area contributed by atoms with E-state index in [0.717, 1.165) is 37.0 Å². The van der Waals surface area contributed by atoms with E-state index >= 15 is 0 Å². The lowest BCUT2D eigenvalue weighted by molar-refractivity contribution is 0.342. The number of thiazole rings is 1. The molecule has 0 aromatic carbocycles. The zero-order chi connectivity index (χ0) is 13.3. The summed E-state index contributed by atoms with van der Waals surface area (Å²) in [4.78, 5) is 13.5. The van der Waals surface area contributed by atoms with Crippen molar-refractivity contribution in [3.8, 4) is 0 Å². The van der Waals surface area contributed by atoms with Crippen molar-refractivity contribution in [3.63, 3.8) is 0 Å². The van der Waals surface area contributed by atoms with Crippen molar-refractivity contribution in [3.05, 3.63) is 15.4 Å². The van der Waals surface area contributed by atoms with Crippen LogP contribution in [0.1, 0.15) is 38.3 Å². The summed E-state index contributed by atoms with van der Waals surface area (Å²) in [6, 6.07) is 0.00843. The summed E-state index contributed by atoms with van der Waals surface area (Å²) >= 11 is 0.783. The van der Waals surface area contributed by atoms with Gasteiger partial charge in [0, 0.05) is 18.3 Å². The predicted molar refractivity (Wildman–Crippen MR) is 71.5 cm³/mol. The highest BCUT2D eigenvalue weighted by atomic mass is 32.2. The van der Waals surface area contributed by atoms with Gasteiger partial charge in [0.05, 0.1) is 0 Å². The Morgan fingerprint density at radius 2 is 2.06 bits per heavy atom. The van der Waals surface area contributed by atoms with Crippen LogP contribution >= 0.6 is 11.3 Å². The summed E-state index contributed by atoms with van der Waals surface area (Å²) in [6.45, 7) is 4.12. The summed E-state index contributed by atoms with van der Waals surface area (Å²) in [7, 11) is -3.52. The maximum absolute atomic E-state index is 12.6. The number of aromatic amines is 1. The number of nitrogens with zero attached hydrogens (tertiary/aromatic N) is 1. The van der Waals surface area contributed by atoms with Crippen LogP contribution < -0.4 is 4.87 Å². The lowest BCUT2D eigenvalue weighted by atomic mass is 10.1. The molecule has 1 fully saturated rings. The van der Waals surface area contributed by atoms with E-state index in [2.05, 4.69) is 4.98 Å². The van der Waals surface area contributed by atoms with Gasteiger partial charge in [-0.1, -0.05) is 24.2 Å². The molecule has 7 heteroatoms. The molecule has 0 saturated carbocycles. The monoisotopic (exact) mass is 290 g/mol. The molecule has 2 rings (SSSR count). The Hall–Kier alpha value is -0.660. The summed E-state index contributed by atoms with van der Waals surface area (Å²) in [5, 5.41) is 0. The van der Waals surface area contributed by atoms with Crippen molar-refractivity contribution in [2.75, 3.05) is 6.54 Å². The molecule has 0 aliphatic carbocycles.